The summed E-state index contributed by atoms with van der Waals surface area (Å²) in [6, 6.07) is 2.71. The Morgan fingerprint density at radius 3 is 2.65 bits per heavy atom. The standard InChI is InChI=1S/C10H15FN2O3S/c1-2-8(6-14)13-17(15,16)10-4-3-7(12)5-9(10)11/h3-5,8,13-14H,2,6,12H2,1H3/t8-/m0/s1. The lowest BCUT2D eigenvalue weighted by Gasteiger charge is -2.14. The van der Waals surface area contributed by atoms with Crippen LogP contribution in [0.4, 0.5) is 10.1 Å². The molecule has 4 N–H and O–H groups in total. The van der Waals surface area contributed by atoms with Crippen molar-refractivity contribution in [3.63, 3.8) is 0 Å². The van der Waals surface area contributed by atoms with Gasteiger partial charge in [0, 0.05) is 11.7 Å². The number of hydrogen-bond donors (Lipinski definition) is 3. The molecule has 0 fully saturated rings. The molecule has 0 aliphatic rings. The van der Waals surface area contributed by atoms with Gasteiger partial charge in [-0.15, -0.1) is 0 Å². The van der Waals surface area contributed by atoms with Crippen molar-refractivity contribution in [2.75, 3.05) is 12.3 Å². The van der Waals surface area contributed by atoms with Crippen molar-refractivity contribution in [2.45, 2.75) is 24.3 Å². The maximum Gasteiger partial charge on any atom is 0.243 e. The third kappa shape index (κ3) is 3.39. The number of halogens is 1. The number of anilines is 1. The van der Waals surface area contributed by atoms with E-state index in [1.807, 2.05) is 0 Å². The quantitative estimate of drug-likeness (QED) is 0.672. The van der Waals surface area contributed by atoms with Crippen LogP contribution in [0.1, 0.15) is 13.3 Å². The summed E-state index contributed by atoms with van der Waals surface area (Å²) in [5.74, 6) is -0.912. The SMILES string of the molecule is CC[C@@H](CO)NS(=O)(=O)c1ccc(N)cc1F. The molecule has 1 aromatic rings. The average molecular weight is 262 g/mol. The molecule has 0 amide bonds. The number of benzene rings is 1. The van der Waals surface area contributed by atoms with E-state index >= 15 is 0 Å². The molecule has 7 heteroatoms. The van der Waals surface area contributed by atoms with Crippen molar-refractivity contribution in [3.05, 3.63) is 24.0 Å². The summed E-state index contributed by atoms with van der Waals surface area (Å²) in [6.45, 7) is 1.37. The molecule has 0 unspecified atom stereocenters. The van der Waals surface area contributed by atoms with Gasteiger partial charge in [0.05, 0.1) is 6.61 Å². The number of sulfonamides is 1. The van der Waals surface area contributed by atoms with Gasteiger partial charge in [-0.1, -0.05) is 6.92 Å². The van der Waals surface area contributed by atoms with E-state index in [0.29, 0.717) is 6.42 Å². The summed E-state index contributed by atoms with van der Waals surface area (Å²) in [6.07, 6.45) is 0.409. The van der Waals surface area contributed by atoms with E-state index in [1.165, 1.54) is 6.07 Å². The van der Waals surface area contributed by atoms with Crippen LogP contribution < -0.4 is 10.5 Å². The molecule has 17 heavy (non-hydrogen) atoms. The Kier molecular flexibility index (Phi) is 4.44. The summed E-state index contributed by atoms with van der Waals surface area (Å²) in [4.78, 5) is -0.474. The first-order valence-corrected chi connectivity index (χ1v) is 6.57. The summed E-state index contributed by atoms with van der Waals surface area (Å²) in [5.41, 5.74) is 5.48. The van der Waals surface area contributed by atoms with Crippen LogP contribution in [0.15, 0.2) is 23.1 Å². The Balaban J connectivity index is 3.05. The number of nitrogens with one attached hydrogen (secondary N) is 1. The van der Waals surface area contributed by atoms with Crippen LogP contribution in [-0.2, 0) is 10.0 Å². The third-order valence-corrected chi connectivity index (χ3v) is 3.83. The molecule has 0 bridgehead atoms. The molecule has 0 aliphatic carbocycles. The minimum absolute atomic E-state index is 0.149. The number of nitrogens with two attached hydrogens (primary N) is 1. The minimum atomic E-state index is -3.97. The second-order valence-corrected chi connectivity index (χ2v) is 5.28. The van der Waals surface area contributed by atoms with Gasteiger partial charge in [-0.3, -0.25) is 0 Å². The summed E-state index contributed by atoms with van der Waals surface area (Å²) in [5, 5.41) is 8.91. The van der Waals surface area contributed by atoms with Crippen molar-refractivity contribution < 1.29 is 17.9 Å². The van der Waals surface area contributed by atoms with Crippen molar-refractivity contribution in [3.8, 4) is 0 Å². The fraction of sp³-hybridized carbons (Fsp3) is 0.400. The van der Waals surface area contributed by atoms with E-state index in [1.54, 1.807) is 6.92 Å². The van der Waals surface area contributed by atoms with E-state index in [-0.39, 0.29) is 12.3 Å². The van der Waals surface area contributed by atoms with Gasteiger partial charge < -0.3 is 10.8 Å². The zero-order valence-corrected chi connectivity index (χ0v) is 10.2. The Morgan fingerprint density at radius 1 is 1.53 bits per heavy atom. The van der Waals surface area contributed by atoms with Crippen LogP contribution in [0, 0.1) is 5.82 Å². The zero-order chi connectivity index (χ0) is 13.1. The topological polar surface area (TPSA) is 92.4 Å². The van der Waals surface area contributed by atoms with Crippen LogP contribution >= 0.6 is 0 Å². The molecule has 0 heterocycles. The molecule has 5 nitrogen and oxygen atoms in total. The first-order chi connectivity index (χ1) is 7.90. The van der Waals surface area contributed by atoms with Gasteiger partial charge in [0.2, 0.25) is 10.0 Å². The van der Waals surface area contributed by atoms with Gasteiger partial charge in [0.1, 0.15) is 10.7 Å². The number of nitrogen functional groups attached to an aromatic ring is 1. The third-order valence-electron chi connectivity index (χ3n) is 2.28. The molecule has 1 atom stereocenters. The molecule has 96 valence electrons. The largest absolute Gasteiger partial charge is 0.399 e. The monoisotopic (exact) mass is 262 g/mol. The lowest BCUT2D eigenvalue weighted by Crippen LogP contribution is -2.37. The maximum absolute atomic E-state index is 13.4. The first kappa shape index (κ1) is 13.9. The molecule has 1 aromatic carbocycles. The van der Waals surface area contributed by atoms with Crippen LogP contribution in [0.25, 0.3) is 0 Å². The summed E-state index contributed by atoms with van der Waals surface area (Å²) < 4.78 is 39.2. The molecule has 0 saturated carbocycles. The number of rotatable bonds is 5. The highest BCUT2D eigenvalue weighted by molar-refractivity contribution is 7.89. The molecule has 0 aliphatic heterocycles. The van der Waals surface area contributed by atoms with Gasteiger partial charge in [-0.25, -0.2) is 17.5 Å². The summed E-state index contributed by atoms with van der Waals surface area (Å²) >= 11 is 0. The van der Waals surface area contributed by atoms with Crippen molar-refractivity contribution in [1.29, 1.82) is 0 Å². The van der Waals surface area contributed by atoms with Gasteiger partial charge in [0.15, 0.2) is 0 Å². The predicted octanol–water partition coefficient (Wildman–Crippen LogP) is 0.457. The predicted molar refractivity (Wildman–Crippen MR) is 62.3 cm³/mol. The van der Waals surface area contributed by atoms with E-state index in [9.17, 15) is 12.8 Å². The molecule has 0 aromatic heterocycles. The molecular formula is C10H15FN2O3S. The van der Waals surface area contributed by atoms with Gasteiger partial charge in [-0.05, 0) is 24.6 Å². The van der Waals surface area contributed by atoms with Gasteiger partial charge in [0.25, 0.3) is 0 Å². The smallest absolute Gasteiger partial charge is 0.243 e. The van der Waals surface area contributed by atoms with Crippen molar-refractivity contribution in [2.24, 2.45) is 0 Å². The molecule has 0 spiro atoms. The van der Waals surface area contributed by atoms with Gasteiger partial charge in [-0.2, -0.15) is 0 Å². The Bertz CT molecular complexity index is 486. The highest BCUT2D eigenvalue weighted by atomic mass is 32.2. The van der Waals surface area contributed by atoms with E-state index < -0.39 is 26.8 Å². The maximum atomic E-state index is 13.4. The Hall–Kier alpha value is -1.18. The Morgan fingerprint density at radius 2 is 2.18 bits per heavy atom. The van der Waals surface area contributed by atoms with Crippen molar-refractivity contribution >= 4 is 15.7 Å². The number of aliphatic hydroxyl groups is 1. The van der Waals surface area contributed by atoms with Crippen LogP contribution in [-0.4, -0.2) is 26.2 Å². The van der Waals surface area contributed by atoms with Crippen LogP contribution in [0.3, 0.4) is 0 Å². The molecular weight excluding hydrogens is 247 g/mol. The average Bonchev–Trinajstić information content (AvgIpc) is 2.25. The van der Waals surface area contributed by atoms with E-state index in [0.717, 1.165) is 12.1 Å². The lowest BCUT2D eigenvalue weighted by molar-refractivity contribution is 0.253. The lowest BCUT2D eigenvalue weighted by atomic mass is 10.3. The molecule has 0 radical (unpaired) electrons. The molecule has 1 rings (SSSR count). The van der Waals surface area contributed by atoms with Gasteiger partial charge >= 0.3 is 0 Å². The summed E-state index contributed by atoms with van der Waals surface area (Å²) in [7, 11) is -3.97. The second kappa shape index (κ2) is 5.44. The number of aliphatic hydroxyl groups excluding tert-OH is 1. The van der Waals surface area contributed by atoms with E-state index in [2.05, 4.69) is 4.72 Å². The minimum Gasteiger partial charge on any atom is -0.399 e. The van der Waals surface area contributed by atoms with Crippen LogP contribution in [0.2, 0.25) is 0 Å². The number of hydrogen-bond acceptors (Lipinski definition) is 4. The second-order valence-electron chi connectivity index (χ2n) is 3.60. The Labute approximate surface area is 99.5 Å². The highest BCUT2D eigenvalue weighted by Crippen LogP contribution is 2.17. The fourth-order valence-electron chi connectivity index (χ4n) is 1.27. The highest BCUT2D eigenvalue weighted by Gasteiger charge is 2.22. The van der Waals surface area contributed by atoms with Crippen LogP contribution in [0.5, 0.6) is 0 Å². The normalized spacial score (nSPS) is 13.6. The van der Waals surface area contributed by atoms with E-state index in [4.69, 9.17) is 10.8 Å². The molecule has 0 saturated heterocycles. The zero-order valence-electron chi connectivity index (χ0n) is 9.35. The first-order valence-electron chi connectivity index (χ1n) is 5.09. The fourth-order valence-corrected chi connectivity index (χ4v) is 2.64. The van der Waals surface area contributed by atoms with Crippen molar-refractivity contribution in [1.82, 2.24) is 4.72 Å².